The Morgan fingerprint density at radius 2 is 1.57 bits per heavy atom. The lowest BCUT2D eigenvalue weighted by Crippen LogP contribution is -2.52. The Balaban J connectivity index is 1.43. The average molecular weight is 378 g/mol. The van der Waals surface area contributed by atoms with E-state index < -0.39 is 11.8 Å². The minimum atomic E-state index is -0.406. The summed E-state index contributed by atoms with van der Waals surface area (Å²) in [6, 6.07) is 16.7. The second-order valence-electron chi connectivity index (χ2n) is 7.30. The van der Waals surface area contributed by atoms with E-state index >= 15 is 0 Å². The van der Waals surface area contributed by atoms with E-state index in [1.165, 1.54) is 0 Å². The molecule has 2 aliphatic heterocycles. The van der Waals surface area contributed by atoms with Crippen LogP contribution in [0.3, 0.4) is 0 Å². The molecule has 0 aromatic heterocycles. The molecule has 144 valence electrons. The molecule has 0 N–H and O–H groups in total. The van der Waals surface area contributed by atoms with Crippen molar-refractivity contribution in [1.29, 1.82) is 0 Å². The predicted molar refractivity (Wildman–Crippen MR) is 103 cm³/mol. The Morgan fingerprint density at radius 1 is 0.964 bits per heavy atom. The molecule has 3 amide bonds. The SMILES string of the molecule is CC1CN(C(=O)CN2C(=O)c3ccccc3C2=O)CC(Cc2ccccc2)O1. The number of imide groups is 1. The van der Waals surface area contributed by atoms with Crippen LogP contribution >= 0.6 is 0 Å². The zero-order chi connectivity index (χ0) is 19.7. The van der Waals surface area contributed by atoms with Crippen LogP contribution in [0.15, 0.2) is 54.6 Å². The number of carbonyl (C=O) groups is 3. The smallest absolute Gasteiger partial charge is 0.262 e. The fourth-order valence-electron chi connectivity index (χ4n) is 3.86. The molecule has 1 saturated heterocycles. The first-order chi connectivity index (χ1) is 13.5. The molecule has 2 atom stereocenters. The van der Waals surface area contributed by atoms with Gasteiger partial charge in [0.05, 0.1) is 23.3 Å². The number of hydrogen-bond donors (Lipinski definition) is 0. The van der Waals surface area contributed by atoms with Crippen LogP contribution in [0.2, 0.25) is 0 Å². The number of benzene rings is 2. The van der Waals surface area contributed by atoms with Crippen LogP contribution in [0, 0.1) is 0 Å². The van der Waals surface area contributed by atoms with Crippen LogP contribution in [0.1, 0.15) is 33.2 Å². The van der Waals surface area contributed by atoms with E-state index in [2.05, 4.69) is 0 Å². The molecule has 0 spiro atoms. The highest BCUT2D eigenvalue weighted by Crippen LogP contribution is 2.23. The maximum Gasteiger partial charge on any atom is 0.262 e. The lowest BCUT2D eigenvalue weighted by atomic mass is 10.1. The van der Waals surface area contributed by atoms with E-state index in [1.807, 2.05) is 37.3 Å². The summed E-state index contributed by atoms with van der Waals surface area (Å²) < 4.78 is 5.99. The predicted octanol–water partition coefficient (Wildman–Crippen LogP) is 2.14. The van der Waals surface area contributed by atoms with Crippen LogP contribution in [-0.4, -0.2) is 59.4 Å². The number of carbonyl (C=O) groups excluding carboxylic acids is 3. The zero-order valence-electron chi connectivity index (χ0n) is 15.7. The number of rotatable bonds is 4. The minimum absolute atomic E-state index is 0.103. The van der Waals surface area contributed by atoms with Gasteiger partial charge in [-0.05, 0) is 24.6 Å². The van der Waals surface area contributed by atoms with Crippen LogP contribution in [0.4, 0.5) is 0 Å². The molecule has 0 bridgehead atoms. The van der Waals surface area contributed by atoms with Crippen LogP contribution < -0.4 is 0 Å². The number of ether oxygens (including phenoxy) is 1. The summed E-state index contributed by atoms with van der Waals surface area (Å²) in [5.74, 6) is -1.05. The minimum Gasteiger partial charge on any atom is -0.371 e. The molecule has 28 heavy (non-hydrogen) atoms. The highest BCUT2D eigenvalue weighted by atomic mass is 16.5. The first-order valence-electron chi connectivity index (χ1n) is 9.45. The third-order valence-electron chi connectivity index (χ3n) is 5.16. The van der Waals surface area contributed by atoms with Crippen molar-refractivity contribution in [2.75, 3.05) is 19.6 Å². The van der Waals surface area contributed by atoms with Gasteiger partial charge >= 0.3 is 0 Å². The number of amides is 3. The van der Waals surface area contributed by atoms with E-state index in [1.54, 1.807) is 29.2 Å². The molecule has 2 unspecified atom stereocenters. The van der Waals surface area contributed by atoms with Crippen molar-refractivity contribution in [3.8, 4) is 0 Å². The van der Waals surface area contributed by atoms with Gasteiger partial charge < -0.3 is 9.64 Å². The Morgan fingerprint density at radius 3 is 2.21 bits per heavy atom. The monoisotopic (exact) mass is 378 g/mol. The van der Waals surface area contributed by atoms with Crippen LogP contribution in [0.25, 0.3) is 0 Å². The average Bonchev–Trinajstić information content (AvgIpc) is 2.93. The van der Waals surface area contributed by atoms with Crippen LogP contribution in [0.5, 0.6) is 0 Å². The Bertz CT molecular complexity index is 877. The summed E-state index contributed by atoms with van der Waals surface area (Å²) in [5.41, 5.74) is 1.87. The van der Waals surface area contributed by atoms with Crippen molar-refractivity contribution in [3.05, 3.63) is 71.3 Å². The standard InChI is InChI=1S/C22H22N2O4/c1-15-12-23(13-17(28-15)11-16-7-3-2-4-8-16)20(25)14-24-21(26)18-9-5-6-10-19(18)22(24)27/h2-10,15,17H,11-14H2,1H3. The molecule has 2 aromatic carbocycles. The fraction of sp³-hybridized carbons (Fsp3) is 0.318. The van der Waals surface area contributed by atoms with Gasteiger partial charge in [-0.2, -0.15) is 0 Å². The van der Waals surface area contributed by atoms with Crippen molar-refractivity contribution in [1.82, 2.24) is 9.80 Å². The molecule has 2 heterocycles. The zero-order valence-corrected chi connectivity index (χ0v) is 15.7. The quantitative estimate of drug-likeness (QED) is 0.765. The van der Waals surface area contributed by atoms with Gasteiger partial charge in [0.15, 0.2) is 0 Å². The molecule has 2 aliphatic rings. The molecule has 0 radical (unpaired) electrons. The third-order valence-corrected chi connectivity index (χ3v) is 5.16. The van der Waals surface area contributed by atoms with E-state index in [-0.39, 0.29) is 24.7 Å². The second-order valence-corrected chi connectivity index (χ2v) is 7.30. The molecule has 4 rings (SSSR count). The first-order valence-corrected chi connectivity index (χ1v) is 9.45. The topological polar surface area (TPSA) is 66.9 Å². The van der Waals surface area contributed by atoms with E-state index in [4.69, 9.17) is 4.74 Å². The Hall–Kier alpha value is -2.99. The molecular formula is C22H22N2O4. The summed E-state index contributed by atoms with van der Waals surface area (Å²) in [6.07, 6.45) is 0.494. The molecule has 6 heteroatoms. The van der Waals surface area contributed by atoms with E-state index in [0.717, 1.165) is 10.5 Å². The molecule has 6 nitrogen and oxygen atoms in total. The van der Waals surface area contributed by atoms with E-state index in [0.29, 0.717) is 30.6 Å². The van der Waals surface area contributed by atoms with Crippen LogP contribution in [-0.2, 0) is 16.0 Å². The maximum absolute atomic E-state index is 12.9. The van der Waals surface area contributed by atoms with Gasteiger partial charge in [-0.3, -0.25) is 19.3 Å². The van der Waals surface area contributed by atoms with Gasteiger partial charge in [0.1, 0.15) is 6.54 Å². The summed E-state index contributed by atoms with van der Waals surface area (Å²) in [4.78, 5) is 40.6. The third kappa shape index (κ3) is 3.55. The molecule has 2 aromatic rings. The maximum atomic E-state index is 12.9. The summed E-state index contributed by atoms with van der Waals surface area (Å²) in [5, 5.41) is 0. The molecule has 0 saturated carbocycles. The largest absolute Gasteiger partial charge is 0.371 e. The van der Waals surface area contributed by atoms with Crippen molar-refractivity contribution in [2.24, 2.45) is 0 Å². The highest BCUT2D eigenvalue weighted by Gasteiger charge is 2.38. The lowest BCUT2D eigenvalue weighted by Gasteiger charge is -2.37. The van der Waals surface area contributed by atoms with Gasteiger partial charge in [-0.1, -0.05) is 42.5 Å². The van der Waals surface area contributed by atoms with Crippen molar-refractivity contribution in [2.45, 2.75) is 25.6 Å². The van der Waals surface area contributed by atoms with Crippen molar-refractivity contribution < 1.29 is 19.1 Å². The number of nitrogens with zero attached hydrogens (tertiary/aromatic N) is 2. The number of fused-ring (bicyclic) bond motifs is 1. The number of hydrogen-bond acceptors (Lipinski definition) is 4. The van der Waals surface area contributed by atoms with Crippen molar-refractivity contribution in [3.63, 3.8) is 0 Å². The van der Waals surface area contributed by atoms with Gasteiger partial charge in [0, 0.05) is 19.5 Å². The number of morpholine rings is 1. The molecular weight excluding hydrogens is 356 g/mol. The normalized spacial score (nSPS) is 21.8. The second kappa shape index (κ2) is 7.56. The summed E-state index contributed by atoms with van der Waals surface area (Å²) in [7, 11) is 0. The lowest BCUT2D eigenvalue weighted by molar-refractivity contribution is -0.144. The Kier molecular flexibility index (Phi) is 4.96. The van der Waals surface area contributed by atoms with Gasteiger partial charge in [-0.15, -0.1) is 0 Å². The van der Waals surface area contributed by atoms with Gasteiger partial charge in [0.25, 0.3) is 11.8 Å². The summed E-state index contributed by atoms with van der Waals surface area (Å²) in [6.45, 7) is 2.59. The fourth-order valence-corrected chi connectivity index (χ4v) is 3.86. The first kappa shape index (κ1) is 18.4. The van der Waals surface area contributed by atoms with E-state index in [9.17, 15) is 14.4 Å². The highest BCUT2D eigenvalue weighted by molar-refractivity contribution is 6.22. The Labute approximate surface area is 163 Å². The summed E-state index contributed by atoms with van der Waals surface area (Å²) >= 11 is 0. The molecule has 1 fully saturated rings. The van der Waals surface area contributed by atoms with Gasteiger partial charge in [-0.25, -0.2) is 0 Å². The van der Waals surface area contributed by atoms with Crippen molar-refractivity contribution >= 4 is 17.7 Å². The van der Waals surface area contributed by atoms with Gasteiger partial charge in [0.2, 0.25) is 5.91 Å². The molecule has 0 aliphatic carbocycles.